The second-order valence-electron chi connectivity index (χ2n) is 8.99. The van der Waals surface area contributed by atoms with Crippen molar-refractivity contribution in [2.75, 3.05) is 29.4 Å². The Labute approximate surface area is 211 Å². The zero-order valence-electron chi connectivity index (χ0n) is 19.7. The number of alkyl halides is 2. The summed E-state index contributed by atoms with van der Waals surface area (Å²) in [6.07, 6.45) is 5.56. The largest absolute Gasteiger partial charge is 0.319 e. The lowest BCUT2D eigenvalue weighted by molar-refractivity contribution is 0.0115. The van der Waals surface area contributed by atoms with Crippen LogP contribution in [0.15, 0.2) is 55.0 Å². The summed E-state index contributed by atoms with van der Waals surface area (Å²) in [5, 5.41) is 10.3. The van der Waals surface area contributed by atoms with Gasteiger partial charge in [0.05, 0.1) is 30.2 Å². The van der Waals surface area contributed by atoms with Crippen LogP contribution in [0.2, 0.25) is 0 Å². The summed E-state index contributed by atoms with van der Waals surface area (Å²) in [5.41, 5.74) is 3.59. The van der Waals surface area contributed by atoms with Crippen LogP contribution >= 0.6 is 0 Å². The van der Waals surface area contributed by atoms with Crippen molar-refractivity contribution in [2.45, 2.75) is 18.9 Å². The lowest BCUT2D eigenvalue weighted by atomic mass is 10.0. The second-order valence-corrected chi connectivity index (χ2v) is 10.7. The number of halogens is 2. The van der Waals surface area contributed by atoms with E-state index in [0.717, 1.165) is 22.9 Å². The van der Waals surface area contributed by atoms with Crippen LogP contribution in [0.5, 0.6) is 0 Å². The van der Waals surface area contributed by atoms with Gasteiger partial charge in [0.25, 0.3) is 11.8 Å². The van der Waals surface area contributed by atoms with Gasteiger partial charge in [0.15, 0.2) is 5.69 Å². The number of pyridine rings is 2. The molecule has 37 heavy (non-hydrogen) atoms. The molecule has 0 saturated carbocycles. The van der Waals surface area contributed by atoms with E-state index in [2.05, 4.69) is 30.2 Å². The smallest absolute Gasteiger partial charge is 0.276 e. The summed E-state index contributed by atoms with van der Waals surface area (Å²) in [6, 6.07) is 10.3. The zero-order chi connectivity index (χ0) is 26.2. The van der Waals surface area contributed by atoms with Gasteiger partial charge in [-0.05, 0) is 41.5 Å². The van der Waals surface area contributed by atoms with Crippen LogP contribution in [0.25, 0.3) is 22.0 Å². The van der Waals surface area contributed by atoms with E-state index in [1.54, 1.807) is 23.4 Å². The Bertz CT molecular complexity index is 1570. The van der Waals surface area contributed by atoms with Crippen LogP contribution in [0.4, 0.5) is 20.3 Å². The second kappa shape index (κ2) is 9.48. The molecule has 1 saturated heterocycles. The molecule has 1 aliphatic rings. The molecule has 192 valence electrons. The molecule has 0 aliphatic carbocycles. The Hall–Kier alpha value is -3.97. The van der Waals surface area contributed by atoms with E-state index in [1.807, 2.05) is 18.2 Å². The monoisotopic (exact) mass is 527 g/mol. The number of nitrogens with one attached hydrogen (secondary N) is 3. The first kappa shape index (κ1) is 24.7. The maximum Gasteiger partial charge on any atom is 0.276 e. The number of benzene rings is 1. The molecule has 3 N–H and O–H groups in total. The number of sulfonamides is 1. The third-order valence-corrected chi connectivity index (χ3v) is 6.45. The highest BCUT2D eigenvalue weighted by Crippen LogP contribution is 2.29. The Morgan fingerprint density at radius 1 is 1.14 bits per heavy atom. The van der Waals surface area contributed by atoms with Gasteiger partial charge in [-0.15, -0.1) is 0 Å². The van der Waals surface area contributed by atoms with Gasteiger partial charge in [-0.1, -0.05) is 6.07 Å². The quantitative estimate of drug-likeness (QED) is 0.335. The molecule has 0 unspecified atom stereocenters. The summed E-state index contributed by atoms with van der Waals surface area (Å²) in [6.45, 7) is 0.455. The SMILES string of the molecule is CS(=O)(=O)Nc1ccc(NC(=O)c2n[nH]c3ccc(-c4cncc(CN5CCC(F)(F)C5)c4)cc23)cn1. The van der Waals surface area contributed by atoms with Crippen LogP contribution in [0, 0.1) is 0 Å². The predicted molar refractivity (Wildman–Crippen MR) is 135 cm³/mol. The van der Waals surface area contributed by atoms with Crippen molar-refractivity contribution in [3.63, 3.8) is 0 Å². The molecular formula is C24H23F2N7O3S. The number of carbonyl (C=O) groups excluding carboxylic acids is 1. The molecule has 4 heterocycles. The molecule has 10 nitrogen and oxygen atoms in total. The highest BCUT2D eigenvalue weighted by molar-refractivity contribution is 7.92. The Kier molecular flexibility index (Phi) is 6.33. The van der Waals surface area contributed by atoms with Crippen LogP contribution < -0.4 is 10.0 Å². The van der Waals surface area contributed by atoms with Gasteiger partial charge < -0.3 is 5.32 Å². The van der Waals surface area contributed by atoms with E-state index in [1.165, 1.54) is 18.3 Å². The number of H-pyrrole nitrogens is 1. The zero-order valence-corrected chi connectivity index (χ0v) is 20.5. The van der Waals surface area contributed by atoms with Gasteiger partial charge in [-0.25, -0.2) is 22.2 Å². The van der Waals surface area contributed by atoms with E-state index in [0.29, 0.717) is 29.7 Å². The summed E-state index contributed by atoms with van der Waals surface area (Å²) >= 11 is 0. The van der Waals surface area contributed by atoms with E-state index in [9.17, 15) is 22.0 Å². The lowest BCUT2D eigenvalue weighted by Crippen LogP contribution is -2.24. The van der Waals surface area contributed by atoms with Gasteiger partial charge in [0, 0.05) is 42.9 Å². The Morgan fingerprint density at radius 2 is 1.97 bits per heavy atom. The molecule has 0 bridgehead atoms. The van der Waals surface area contributed by atoms with E-state index < -0.39 is 21.9 Å². The number of rotatable bonds is 7. The van der Waals surface area contributed by atoms with Crippen molar-refractivity contribution in [3.05, 3.63) is 66.2 Å². The number of aromatic nitrogens is 4. The van der Waals surface area contributed by atoms with Crippen molar-refractivity contribution >= 4 is 38.3 Å². The topological polar surface area (TPSA) is 133 Å². The van der Waals surface area contributed by atoms with Gasteiger partial charge in [0.2, 0.25) is 10.0 Å². The van der Waals surface area contributed by atoms with E-state index >= 15 is 0 Å². The molecule has 13 heteroatoms. The maximum absolute atomic E-state index is 13.5. The summed E-state index contributed by atoms with van der Waals surface area (Å²) < 4.78 is 52.0. The number of hydrogen-bond acceptors (Lipinski definition) is 7. The van der Waals surface area contributed by atoms with Crippen molar-refractivity contribution in [1.29, 1.82) is 0 Å². The first-order chi connectivity index (χ1) is 17.5. The number of nitrogens with zero attached hydrogens (tertiary/aromatic N) is 4. The molecule has 1 fully saturated rings. The third kappa shape index (κ3) is 5.89. The minimum absolute atomic E-state index is 0.129. The molecule has 4 aromatic rings. The van der Waals surface area contributed by atoms with Gasteiger partial charge in [0.1, 0.15) is 5.82 Å². The number of amides is 1. The normalized spacial score (nSPS) is 15.6. The predicted octanol–water partition coefficient (Wildman–Crippen LogP) is 3.48. The molecule has 1 aliphatic heterocycles. The van der Waals surface area contributed by atoms with Crippen molar-refractivity contribution < 1.29 is 22.0 Å². The van der Waals surface area contributed by atoms with Crippen molar-refractivity contribution in [1.82, 2.24) is 25.1 Å². The standard InChI is InChI=1S/C24H23F2N7O3S/c1-37(35,36)32-21-5-3-18(12-28-21)29-23(34)22-19-9-16(2-4-20(19)30-31-22)17-8-15(10-27-11-17)13-33-7-6-24(25,26)14-33/h2-5,8-12H,6-7,13-14H2,1H3,(H,28,32)(H,29,34)(H,30,31). The molecular weight excluding hydrogens is 504 g/mol. The fourth-order valence-electron chi connectivity index (χ4n) is 4.21. The first-order valence-corrected chi connectivity index (χ1v) is 13.2. The molecule has 0 spiro atoms. The van der Waals surface area contributed by atoms with Gasteiger partial charge in [-0.3, -0.25) is 24.5 Å². The molecule has 5 rings (SSSR count). The summed E-state index contributed by atoms with van der Waals surface area (Å²) in [7, 11) is -3.46. The summed E-state index contributed by atoms with van der Waals surface area (Å²) in [5.74, 6) is -3.00. The highest BCUT2D eigenvalue weighted by Gasteiger charge is 2.37. The fraction of sp³-hybridized carbons (Fsp3) is 0.250. The van der Waals surface area contributed by atoms with Gasteiger partial charge in [-0.2, -0.15) is 5.10 Å². The maximum atomic E-state index is 13.5. The molecule has 0 radical (unpaired) electrons. The molecule has 1 amide bonds. The minimum Gasteiger partial charge on any atom is -0.319 e. The van der Waals surface area contributed by atoms with Gasteiger partial charge >= 0.3 is 0 Å². The third-order valence-electron chi connectivity index (χ3n) is 5.87. The van der Waals surface area contributed by atoms with Crippen molar-refractivity contribution in [3.8, 4) is 11.1 Å². The molecule has 1 aromatic carbocycles. The number of likely N-dealkylation sites (tertiary alicyclic amines) is 1. The number of aromatic amines is 1. The number of anilines is 2. The number of hydrogen-bond donors (Lipinski definition) is 3. The fourth-order valence-corrected chi connectivity index (χ4v) is 4.71. The highest BCUT2D eigenvalue weighted by atomic mass is 32.2. The molecule has 0 atom stereocenters. The average molecular weight is 528 g/mol. The van der Waals surface area contributed by atoms with Crippen molar-refractivity contribution in [2.24, 2.45) is 0 Å². The van der Waals surface area contributed by atoms with E-state index in [-0.39, 0.29) is 24.5 Å². The van der Waals surface area contributed by atoms with E-state index in [4.69, 9.17) is 0 Å². The summed E-state index contributed by atoms with van der Waals surface area (Å²) in [4.78, 5) is 22.9. The van der Waals surface area contributed by atoms with Crippen LogP contribution in [0.3, 0.4) is 0 Å². The van der Waals surface area contributed by atoms with Crippen LogP contribution in [0.1, 0.15) is 22.5 Å². The minimum atomic E-state index is -3.46. The van der Waals surface area contributed by atoms with Crippen LogP contribution in [-0.4, -0.2) is 64.7 Å². The van der Waals surface area contributed by atoms with Crippen LogP contribution in [-0.2, 0) is 16.6 Å². The Morgan fingerprint density at radius 3 is 2.68 bits per heavy atom. The Balaban J connectivity index is 1.34. The lowest BCUT2D eigenvalue weighted by Gasteiger charge is -2.15. The molecule has 3 aromatic heterocycles. The number of carbonyl (C=O) groups is 1. The first-order valence-electron chi connectivity index (χ1n) is 11.3. The average Bonchev–Trinajstić information content (AvgIpc) is 3.41. The number of fused-ring (bicyclic) bond motifs is 1.